The van der Waals surface area contributed by atoms with Gasteiger partial charge in [0, 0.05) is 90.9 Å². The molecule has 1 unspecified atom stereocenters. The lowest BCUT2D eigenvalue weighted by atomic mass is 9.47. The molecule has 1 aliphatic carbocycles. The summed E-state index contributed by atoms with van der Waals surface area (Å²) in [5.41, 5.74) is -1.42. The number of para-hydroxylation sites is 1. The average molecular weight is 920 g/mol. The number of hydrogen-bond acceptors (Lipinski definition) is 13. The molecule has 14 nitrogen and oxygen atoms in total. The van der Waals surface area contributed by atoms with Crippen LogP contribution in [0, 0.1) is 11.3 Å². The number of methoxy groups -OCH3 is 3. The molecule has 10 atom stereocenters. The lowest BCUT2D eigenvalue weighted by molar-refractivity contribution is -0.228. The second kappa shape index (κ2) is 16.0. The van der Waals surface area contributed by atoms with Crippen LogP contribution in [0.25, 0.3) is 10.9 Å². The van der Waals surface area contributed by atoms with E-state index in [1.54, 1.807) is 7.11 Å². The van der Waals surface area contributed by atoms with Gasteiger partial charge in [-0.2, -0.15) is 0 Å². The Balaban J connectivity index is 1.23. The number of aromatic amines is 1. The Kier molecular flexibility index (Phi) is 10.8. The Hall–Kier alpha value is -5.22. The van der Waals surface area contributed by atoms with Crippen LogP contribution in [-0.4, -0.2) is 134 Å². The molecule has 350 valence electrons. The van der Waals surface area contributed by atoms with Crippen LogP contribution in [0.15, 0.2) is 66.1 Å². The van der Waals surface area contributed by atoms with Crippen LogP contribution in [0.5, 0.6) is 5.75 Å². The minimum atomic E-state index is -2.32. The van der Waals surface area contributed by atoms with Crippen molar-refractivity contribution in [3.8, 4) is 5.75 Å². The summed E-state index contributed by atoms with van der Waals surface area (Å²) in [6.45, 7) is 8.80. The maximum absolute atomic E-state index is 15.6. The van der Waals surface area contributed by atoms with E-state index in [1.807, 2.05) is 60.6 Å². The van der Waals surface area contributed by atoms with Crippen LogP contribution in [0.1, 0.15) is 84.9 Å². The number of piperidine rings is 1. The topological polar surface area (TPSA) is 163 Å². The molecule has 4 aromatic rings. The van der Waals surface area contributed by atoms with E-state index in [0.29, 0.717) is 87.4 Å². The number of aliphatic hydroxyl groups is 1. The Morgan fingerprint density at radius 2 is 1.74 bits per heavy atom. The van der Waals surface area contributed by atoms with E-state index in [-0.39, 0.29) is 17.9 Å². The zero-order valence-electron chi connectivity index (χ0n) is 38.9. The van der Waals surface area contributed by atoms with E-state index in [0.717, 1.165) is 33.4 Å². The first kappa shape index (κ1) is 44.6. The summed E-state index contributed by atoms with van der Waals surface area (Å²) in [6.07, 6.45) is 6.10. The Labute approximate surface area is 389 Å². The maximum Gasteiger partial charge on any atom is 0.344 e. The normalized spacial score (nSPS) is 34.2. The summed E-state index contributed by atoms with van der Waals surface area (Å²) in [4.78, 5) is 68.4. The highest BCUT2D eigenvalue weighted by molar-refractivity contribution is 7.12. The Morgan fingerprint density at radius 3 is 2.44 bits per heavy atom. The summed E-state index contributed by atoms with van der Waals surface area (Å²) >= 11 is 1.42. The molecule has 5 aliphatic heterocycles. The van der Waals surface area contributed by atoms with Gasteiger partial charge in [0.2, 0.25) is 5.60 Å². The fourth-order valence-corrected chi connectivity index (χ4v) is 15.0. The highest BCUT2D eigenvalue weighted by atomic mass is 32.1. The van der Waals surface area contributed by atoms with Crippen LogP contribution in [-0.2, 0) is 45.8 Å². The van der Waals surface area contributed by atoms with Crippen LogP contribution in [0.2, 0.25) is 0 Å². The summed E-state index contributed by atoms with van der Waals surface area (Å²) in [5.74, 6) is -1.69. The van der Waals surface area contributed by atoms with Crippen LogP contribution in [0.4, 0.5) is 5.69 Å². The van der Waals surface area contributed by atoms with Crippen molar-refractivity contribution in [2.24, 2.45) is 11.3 Å². The van der Waals surface area contributed by atoms with Crippen molar-refractivity contribution in [3.63, 3.8) is 0 Å². The Bertz CT molecular complexity index is 2650. The SMILES string of the molecule is CC[C@]1(NC(=O)c2cccs2)C[C@H]2CN(CCc3c([nH]c4ccccc34)[C@@](C(=O)OC)(c3cc4c(cc3OC)N(C)[C@H]3[C@@](O)(C(=O)OC)[C@H](OC(C)=O)[C@]5(CC)C=CCN6CC[C@]43[C@@H]65)C2)C1. The van der Waals surface area contributed by atoms with Gasteiger partial charge in [-0.1, -0.05) is 50.3 Å². The average Bonchev–Trinajstić information content (AvgIpc) is 4.13. The lowest BCUT2D eigenvalue weighted by Gasteiger charge is -2.63. The minimum Gasteiger partial charge on any atom is -0.496 e. The quantitative estimate of drug-likeness (QED) is 0.110. The van der Waals surface area contributed by atoms with Crippen molar-refractivity contribution in [1.29, 1.82) is 0 Å². The highest BCUT2D eigenvalue weighted by Crippen LogP contribution is 2.68. The summed E-state index contributed by atoms with van der Waals surface area (Å²) in [7, 11) is 6.17. The second-order valence-corrected chi connectivity index (χ2v) is 20.6. The third-order valence-corrected chi connectivity index (χ3v) is 17.6. The number of carbonyl (C=O) groups is 4. The van der Waals surface area contributed by atoms with Gasteiger partial charge in [0.05, 0.1) is 37.8 Å². The highest BCUT2D eigenvalue weighted by Gasteiger charge is 2.80. The molecule has 3 N–H and O–H groups in total. The fourth-order valence-electron chi connectivity index (χ4n) is 14.4. The van der Waals surface area contributed by atoms with Crippen molar-refractivity contribution in [3.05, 3.63) is 93.3 Å². The molecule has 1 saturated carbocycles. The number of esters is 3. The molecule has 1 spiro atoms. The van der Waals surface area contributed by atoms with Gasteiger partial charge in [-0.3, -0.25) is 19.3 Å². The lowest BCUT2D eigenvalue weighted by Crippen LogP contribution is -2.81. The van der Waals surface area contributed by atoms with Gasteiger partial charge in [-0.25, -0.2) is 4.79 Å². The first-order valence-electron chi connectivity index (χ1n) is 23.3. The van der Waals surface area contributed by atoms with Crippen LogP contribution in [0.3, 0.4) is 0 Å². The number of ether oxygens (including phenoxy) is 4. The zero-order chi connectivity index (χ0) is 46.6. The molecular formula is C51H61N5O9S. The molecule has 2 saturated heterocycles. The molecule has 6 aliphatic rings. The number of fused-ring (bicyclic) bond motifs is 6. The molecular weight excluding hydrogens is 859 g/mol. The number of nitrogens with zero attached hydrogens (tertiary/aromatic N) is 3. The van der Waals surface area contributed by atoms with Crippen LogP contribution < -0.4 is 15.0 Å². The number of anilines is 1. The van der Waals surface area contributed by atoms with Gasteiger partial charge in [0.25, 0.3) is 5.91 Å². The van der Waals surface area contributed by atoms with E-state index in [1.165, 1.54) is 32.5 Å². The van der Waals surface area contributed by atoms with E-state index >= 15 is 4.79 Å². The number of hydrogen-bond donors (Lipinski definition) is 3. The monoisotopic (exact) mass is 919 g/mol. The van der Waals surface area contributed by atoms with Crippen molar-refractivity contribution in [1.82, 2.24) is 20.1 Å². The number of likely N-dealkylation sites (N-methyl/N-ethyl adjacent to an activating group) is 1. The number of benzene rings is 2. The van der Waals surface area contributed by atoms with Crippen molar-refractivity contribution in [2.45, 2.75) is 99.5 Å². The molecule has 2 aromatic heterocycles. The summed E-state index contributed by atoms with van der Waals surface area (Å²) in [5, 5.41) is 19.9. The number of nitrogens with one attached hydrogen (secondary N) is 2. The molecule has 15 heteroatoms. The van der Waals surface area contributed by atoms with E-state index in [2.05, 4.69) is 51.3 Å². The molecule has 2 aromatic carbocycles. The first-order chi connectivity index (χ1) is 31.7. The van der Waals surface area contributed by atoms with Gasteiger partial charge in [-0.05, 0) is 85.7 Å². The molecule has 10 rings (SSSR count). The summed E-state index contributed by atoms with van der Waals surface area (Å²) in [6, 6.07) is 14.7. The molecule has 2 bridgehead atoms. The second-order valence-electron chi connectivity index (χ2n) is 19.7. The number of thiophene rings is 1. The third kappa shape index (κ3) is 6.00. The largest absolute Gasteiger partial charge is 0.496 e. The zero-order valence-corrected chi connectivity index (χ0v) is 39.7. The van der Waals surface area contributed by atoms with Gasteiger partial charge < -0.3 is 44.2 Å². The van der Waals surface area contributed by atoms with Crippen LogP contribution >= 0.6 is 11.3 Å². The Morgan fingerprint density at radius 1 is 0.955 bits per heavy atom. The predicted octanol–water partition coefficient (Wildman–Crippen LogP) is 5.49. The molecule has 0 radical (unpaired) electrons. The van der Waals surface area contributed by atoms with E-state index < -0.39 is 57.4 Å². The van der Waals surface area contributed by atoms with E-state index in [4.69, 9.17) is 18.9 Å². The third-order valence-electron chi connectivity index (χ3n) is 16.8. The maximum atomic E-state index is 15.6. The number of aromatic nitrogens is 1. The standard InChI is InChI=1S/C51H61N5O9S/c1-8-47(53-41(58)39-16-12-23-66-39)26-31-27-50(45(59)63-6,40-33(17-21-55(28-31)29-47)32-14-10-11-15-36(32)52-40)35-24-34-37(25-38(35)62-5)54(4)43-49(34)19-22-56-20-13-18-48(9-2,42(49)56)44(65-30(3)57)51(43,61)46(60)64-7/h10-16,18,23-25,31,42-44,52,61H,8-9,17,19-22,26-29H2,1-7H3,(H,53,58)/t31-,42+,43-,44-,47+,48-,49-,50+,51+/m1/s1. The smallest absolute Gasteiger partial charge is 0.344 e. The van der Waals surface area contributed by atoms with Crippen molar-refractivity contribution >= 4 is 51.7 Å². The van der Waals surface area contributed by atoms with Gasteiger partial charge in [-0.15, -0.1) is 11.3 Å². The summed E-state index contributed by atoms with van der Waals surface area (Å²) < 4.78 is 24.2. The number of rotatable bonds is 9. The minimum absolute atomic E-state index is 0.0994. The van der Waals surface area contributed by atoms with Crippen molar-refractivity contribution in [2.75, 3.05) is 66.0 Å². The molecule has 1 amide bonds. The number of H-pyrrole nitrogens is 1. The fraction of sp³-hybridized carbons (Fsp3) is 0.529. The molecule has 3 fully saturated rings. The van der Waals surface area contributed by atoms with E-state index in [9.17, 15) is 19.5 Å². The first-order valence-corrected chi connectivity index (χ1v) is 24.2. The van der Waals surface area contributed by atoms with Gasteiger partial charge in [0.1, 0.15) is 11.2 Å². The van der Waals surface area contributed by atoms with Gasteiger partial charge in [0.15, 0.2) is 6.10 Å². The van der Waals surface area contributed by atoms with Gasteiger partial charge >= 0.3 is 17.9 Å². The molecule has 7 heterocycles. The predicted molar refractivity (Wildman–Crippen MR) is 250 cm³/mol. The molecule has 66 heavy (non-hydrogen) atoms. The number of carbonyl (C=O) groups excluding carboxylic acids is 4. The van der Waals surface area contributed by atoms with Crippen molar-refractivity contribution < 1.29 is 43.2 Å². The number of amides is 1.